The van der Waals surface area contributed by atoms with E-state index in [0.717, 1.165) is 19.4 Å². The highest BCUT2D eigenvalue weighted by Gasteiger charge is 2.32. The molecule has 1 heterocycles. The Morgan fingerprint density at radius 2 is 1.72 bits per heavy atom. The zero-order chi connectivity index (χ0) is 18.6. The maximum absolute atomic E-state index is 12.3. The Bertz CT molecular complexity index is 640. The number of anilines is 1. The lowest BCUT2D eigenvalue weighted by atomic mass is 10.2. The van der Waals surface area contributed by atoms with Crippen LogP contribution in [0.25, 0.3) is 0 Å². The zero-order valence-corrected chi connectivity index (χ0v) is 15.3. The van der Waals surface area contributed by atoms with E-state index >= 15 is 0 Å². The molecule has 0 radical (unpaired) electrons. The first kappa shape index (κ1) is 18.9. The molecule has 1 aliphatic rings. The van der Waals surface area contributed by atoms with Crippen molar-refractivity contribution in [3.05, 3.63) is 29.8 Å². The predicted octanol–water partition coefficient (Wildman–Crippen LogP) is 0.880. The van der Waals surface area contributed by atoms with Crippen molar-refractivity contribution in [1.82, 2.24) is 14.7 Å². The van der Waals surface area contributed by atoms with E-state index in [1.807, 2.05) is 4.90 Å². The summed E-state index contributed by atoms with van der Waals surface area (Å²) in [5.41, 5.74) is 1.20. The van der Waals surface area contributed by atoms with Crippen molar-refractivity contribution in [3.63, 3.8) is 0 Å². The van der Waals surface area contributed by atoms with Gasteiger partial charge >= 0.3 is 0 Å². The molecular formula is C18H26N4O3. The molecule has 0 spiro atoms. The van der Waals surface area contributed by atoms with Crippen LogP contribution in [-0.4, -0.2) is 79.7 Å². The van der Waals surface area contributed by atoms with Crippen molar-refractivity contribution in [2.75, 3.05) is 46.6 Å². The molecule has 1 atom stereocenters. The number of carbonyl (C=O) groups excluding carboxylic acids is 3. The van der Waals surface area contributed by atoms with Crippen molar-refractivity contribution in [2.45, 2.75) is 18.9 Å². The topological polar surface area (TPSA) is 73.0 Å². The molecule has 0 aliphatic carbocycles. The first-order valence-electron chi connectivity index (χ1n) is 8.36. The second-order valence-corrected chi connectivity index (χ2v) is 6.69. The van der Waals surface area contributed by atoms with Crippen LogP contribution in [0.4, 0.5) is 5.69 Å². The summed E-state index contributed by atoms with van der Waals surface area (Å²) < 4.78 is 0. The second kappa shape index (κ2) is 8.11. The highest BCUT2D eigenvalue weighted by atomic mass is 16.2. The smallest absolute Gasteiger partial charge is 0.253 e. The first-order valence-corrected chi connectivity index (χ1v) is 8.36. The summed E-state index contributed by atoms with van der Waals surface area (Å²) in [4.78, 5) is 41.3. The molecule has 1 aliphatic heterocycles. The average molecular weight is 346 g/mol. The number of likely N-dealkylation sites (tertiary alicyclic amines) is 1. The molecule has 0 unspecified atom stereocenters. The quantitative estimate of drug-likeness (QED) is 0.859. The fraction of sp³-hybridized carbons (Fsp3) is 0.500. The Hall–Kier alpha value is -2.41. The van der Waals surface area contributed by atoms with Crippen LogP contribution >= 0.6 is 0 Å². The van der Waals surface area contributed by atoms with E-state index in [1.54, 1.807) is 57.4 Å². The molecular weight excluding hydrogens is 320 g/mol. The molecule has 2 rings (SSSR count). The number of benzene rings is 1. The molecule has 3 amide bonds. The van der Waals surface area contributed by atoms with Crippen LogP contribution in [0.15, 0.2) is 24.3 Å². The molecule has 25 heavy (non-hydrogen) atoms. The Labute approximate surface area is 148 Å². The van der Waals surface area contributed by atoms with E-state index in [9.17, 15) is 14.4 Å². The van der Waals surface area contributed by atoms with Gasteiger partial charge in [-0.1, -0.05) is 0 Å². The molecule has 7 heteroatoms. The lowest BCUT2D eigenvalue weighted by Crippen LogP contribution is -2.45. The minimum Gasteiger partial charge on any atom is -0.347 e. The zero-order valence-electron chi connectivity index (χ0n) is 15.3. The van der Waals surface area contributed by atoms with E-state index in [0.29, 0.717) is 11.3 Å². The Kier molecular flexibility index (Phi) is 6.14. The largest absolute Gasteiger partial charge is 0.347 e. The van der Waals surface area contributed by atoms with E-state index in [2.05, 4.69) is 5.32 Å². The Morgan fingerprint density at radius 1 is 1.08 bits per heavy atom. The molecule has 7 nitrogen and oxygen atoms in total. The van der Waals surface area contributed by atoms with Gasteiger partial charge in [0.2, 0.25) is 11.8 Å². The van der Waals surface area contributed by atoms with Gasteiger partial charge in [-0.2, -0.15) is 0 Å². The summed E-state index contributed by atoms with van der Waals surface area (Å²) in [5, 5.41) is 2.82. The van der Waals surface area contributed by atoms with Crippen molar-refractivity contribution in [3.8, 4) is 0 Å². The van der Waals surface area contributed by atoms with Gasteiger partial charge in [-0.3, -0.25) is 19.3 Å². The number of carbonyl (C=O) groups is 3. The van der Waals surface area contributed by atoms with Crippen molar-refractivity contribution >= 4 is 23.4 Å². The predicted molar refractivity (Wildman–Crippen MR) is 96.4 cm³/mol. The lowest BCUT2D eigenvalue weighted by molar-refractivity contribution is -0.133. The molecule has 0 bridgehead atoms. The number of amides is 3. The number of nitrogens with one attached hydrogen (secondary N) is 1. The third-order valence-electron chi connectivity index (χ3n) is 4.26. The van der Waals surface area contributed by atoms with Gasteiger partial charge in [0.15, 0.2) is 0 Å². The van der Waals surface area contributed by atoms with Gasteiger partial charge in [-0.25, -0.2) is 0 Å². The van der Waals surface area contributed by atoms with Crippen LogP contribution < -0.4 is 5.32 Å². The van der Waals surface area contributed by atoms with Gasteiger partial charge in [0.25, 0.3) is 5.91 Å². The number of nitrogens with zero attached hydrogens (tertiary/aromatic N) is 3. The highest BCUT2D eigenvalue weighted by molar-refractivity contribution is 5.96. The monoisotopic (exact) mass is 346 g/mol. The normalized spacial score (nSPS) is 17.2. The van der Waals surface area contributed by atoms with E-state index in [4.69, 9.17) is 0 Å². The second-order valence-electron chi connectivity index (χ2n) is 6.69. The minimum absolute atomic E-state index is 0.0388. The van der Waals surface area contributed by atoms with Gasteiger partial charge < -0.3 is 15.1 Å². The van der Waals surface area contributed by atoms with Gasteiger partial charge in [0, 0.05) is 39.4 Å². The van der Waals surface area contributed by atoms with Gasteiger partial charge in [-0.05, 0) is 43.7 Å². The SMILES string of the molecule is CN(C)C(=O)c1ccc(NC(=O)CN2CCC[C@H]2C(=O)N(C)C)cc1. The summed E-state index contributed by atoms with van der Waals surface area (Å²) in [6, 6.07) is 6.57. The summed E-state index contributed by atoms with van der Waals surface area (Å²) in [7, 11) is 6.85. The summed E-state index contributed by atoms with van der Waals surface area (Å²) in [6.07, 6.45) is 1.70. The summed E-state index contributed by atoms with van der Waals surface area (Å²) in [6.45, 7) is 0.927. The number of rotatable bonds is 5. The fourth-order valence-electron chi connectivity index (χ4n) is 2.93. The summed E-state index contributed by atoms with van der Waals surface area (Å²) >= 11 is 0. The van der Waals surface area contributed by atoms with E-state index in [-0.39, 0.29) is 30.3 Å². The molecule has 136 valence electrons. The van der Waals surface area contributed by atoms with Crippen LogP contribution in [0.1, 0.15) is 23.2 Å². The Balaban J connectivity index is 1.94. The molecule has 1 N–H and O–H groups in total. The first-order chi connectivity index (χ1) is 11.8. The van der Waals surface area contributed by atoms with Crippen LogP contribution in [0, 0.1) is 0 Å². The molecule has 0 saturated carbocycles. The number of hydrogen-bond acceptors (Lipinski definition) is 4. The maximum atomic E-state index is 12.3. The lowest BCUT2D eigenvalue weighted by Gasteiger charge is -2.25. The van der Waals surface area contributed by atoms with Crippen molar-refractivity contribution < 1.29 is 14.4 Å². The van der Waals surface area contributed by atoms with Crippen LogP contribution in [-0.2, 0) is 9.59 Å². The number of likely N-dealkylation sites (N-methyl/N-ethyl adjacent to an activating group) is 1. The third kappa shape index (κ3) is 4.79. The van der Waals surface area contributed by atoms with Crippen LogP contribution in [0.3, 0.4) is 0 Å². The van der Waals surface area contributed by atoms with Gasteiger partial charge in [0.05, 0.1) is 12.6 Å². The minimum atomic E-state index is -0.221. The fourth-order valence-corrected chi connectivity index (χ4v) is 2.93. The van der Waals surface area contributed by atoms with Crippen LogP contribution in [0.2, 0.25) is 0 Å². The van der Waals surface area contributed by atoms with Crippen molar-refractivity contribution in [1.29, 1.82) is 0 Å². The third-order valence-corrected chi connectivity index (χ3v) is 4.26. The van der Waals surface area contributed by atoms with E-state index < -0.39 is 0 Å². The molecule has 1 aromatic carbocycles. The Morgan fingerprint density at radius 3 is 2.28 bits per heavy atom. The summed E-state index contributed by atoms with van der Waals surface area (Å²) in [5.74, 6) is -0.207. The van der Waals surface area contributed by atoms with Gasteiger partial charge in [-0.15, -0.1) is 0 Å². The standard InChI is InChI=1S/C18H26N4O3/c1-20(2)17(24)13-7-9-14(10-8-13)19-16(23)12-22-11-5-6-15(22)18(25)21(3)4/h7-10,15H,5-6,11-12H2,1-4H3,(H,19,23)/t15-/m0/s1. The highest BCUT2D eigenvalue weighted by Crippen LogP contribution is 2.19. The molecule has 1 fully saturated rings. The molecule has 0 aromatic heterocycles. The van der Waals surface area contributed by atoms with Gasteiger partial charge in [0.1, 0.15) is 0 Å². The van der Waals surface area contributed by atoms with Crippen molar-refractivity contribution in [2.24, 2.45) is 0 Å². The van der Waals surface area contributed by atoms with Crippen LogP contribution in [0.5, 0.6) is 0 Å². The molecule has 1 saturated heterocycles. The maximum Gasteiger partial charge on any atom is 0.253 e. The molecule has 1 aromatic rings. The average Bonchev–Trinajstić information content (AvgIpc) is 3.01. The number of hydrogen-bond donors (Lipinski definition) is 1. The van der Waals surface area contributed by atoms with E-state index in [1.165, 1.54) is 4.90 Å².